The third-order valence-corrected chi connectivity index (χ3v) is 4.29. The molecule has 1 fully saturated rings. The fourth-order valence-corrected chi connectivity index (χ4v) is 2.97. The standard InChI is InChI=1S/C19H18N4O3/c24-18(21-22-10-12-26-13-11-22)17-15-8-4-5-9-16(15)19(25)23(20-17)14-6-2-1-3-7-14/h1-9H,10-13H2,(H,21,24). The molecule has 1 saturated heterocycles. The van der Waals surface area contributed by atoms with E-state index in [4.69, 9.17) is 4.74 Å². The van der Waals surface area contributed by atoms with Crippen molar-refractivity contribution >= 4 is 16.7 Å². The van der Waals surface area contributed by atoms with E-state index in [-0.39, 0.29) is 17.2 Å². The molecule has 26 heavy (non-hydrogen) atoms. The molecule has 1 aromatic heterocycles. The molecule has 1 aliphatic rings. The van der Waals surface area contributed by atoms with Crippen molar-refractivity contribution in [3.8, 4) is 5.69 Å². The average Bonchev–Trinajstić information content (AvgIpc) is 2.70. The minimum Gasteiger partial charge on any atom is -0.379 e. The molecule has 1 N–H and O–H groups in total. The first kappa shape index (κ1) is 16.4. The third kappa shape index (κ3) is 3.10. The molecule has 0 atom stereocenters. The number of carbonyl (C=O) groups excluding carboxylic acids is 1. The predicted molar refractivity (Wildman–Crippen MR) is 97.2 cm³/mol. The summed E-state index contributed by atoms with van der Waals surface area (Å²) in [4.78, 5) is 25.7. The highest BCUT2D eigenvalue weighted by molar-refractivity contribution is 6.04. The van der Waals surface area contributed by atoms with Crippen molar-refractivity contribution in [1.29, 1.82) is 0 Å². The van der Waals surface area contributed by atoms with Gasteiger partial charge in [0, 0.05) is 18.5 Å². The molecule has 1 aliphatic heterocycles. The van der Waals surface area contributed by atoms with Gasteiger partial charge in [0.15, 0.2) is 5.69 Å². The van der Waals surface area contributed by atoms with E-state index in [1.165, 1.54) is 4.68 Å². The molecule has 0 radical (unpaired) electrons. The highest BCUT2D eigenvalue weighted by atomic mass is 16.5. The summed E-state index contributed by atoms with van der Waals surface area (Å²) in [5.41, 5.74) is 3.44. The first-order valence-electron chi connectivity index (χ1n) is 8.45. The van der Waals surface area contributed by atoms with E-state index in [1.807, 2.05) is 18.2 Å². The van der Waals surface area contributed by atoms with Crippen LogP contribution in [0.3, 0.4) is 0 Å². The number of fused-ring (bicyclic) bond motifs is 1. The monoisotopic (exact) mass is 350 g/mol. The zero-order chi connectivity index (χ0) is 17.9. The van der Waals surface area contributed by atoms with Crippen molar-refractivity contribution in [1.82, 2.24) is 20.2 Å². The third-order valence-electron chi connectivity index (χ3n) is 4.29. The van der Waals surface area contributed by atoms with Gasteiger partial charge < -0.3 is 4.74 Å². The van der Waals surface area contributed by atoms with Crippen molar-refractivity contribution in [2.75, 3.05) is 26.3 Å². The molecule has 0 aliphatic carbocycles. The predicted octanol–water partition coefficient (Wildman–Crippen LogP) is 1.36. The number of morpholine rings is 1. The van der Waals surface area contributed by atoms with Crippen LogP contribution in [-0.2, 0) is 4.74 Å². The molecule has 1 amide bonds. The van der Waals surface area contributed by atoms with E-state index in [2.05, 4.69) is 10.5 Å². The van der Waals surface area contributed by atoms with Gasteiger partial charge >= 0.3 is 0 Å². The lowest BCUT2D eigenvalue weighted by Crippen LogP contribution is -2.48. The molecule has 2 heterocycles. The normalized spacial score (nSPS) is 15.1. The Morgan fingerprint density at radius 2 is 1.62 bits per heavy atom. The van der Waals surface area contributed by atoms with E-state index in [1.54, 1.807) is 41.4 Å². The minimum atomic E-state index is -0.340. The number of hydrazine groups is 1. The summed E-state index contributed by atoms with van der Waals surface area (Å²) in [6.07, 6.45) is 0. The Hall–Kier alpha value is -3.03. The van der Waals surface area contributed by atoms with Crippen LogP contribution in [0.5, 0.6) is 0 Å². The smallest absolute Gasteiger partial charge is 0.286 e. The number of ether oxygens (including phenoxy) is 1. The molecule has 4 rings (SSSR count). The number of carbonyl (C=O) groups is 1. The second kappa shape index (κ2) is 7.07. The van der Waals surface area contributed by atoms with Crippen LogP contribution in [0.1, 0.15) is 10.5 Å². The van der Waals surface area contributed by atoms with Crippen LogP contribution in [-0.4, -0.2) is 47.0 Å². The SMILES string of the molecule is O=C(NN1CCOCC1)c1nn(-c2ccccc2)c(=O)c2ccccc12. The van der Waals surface area contributed by atoms with Gasteiger partial charge in [-0.3, -0.25) is 15.0 Å². The van der Waals surface area contributed by atoms with Crippen LogP contribution >= 0.6 is 0 Å². The van der Waals surface area contributed by atoms with Gasteiger partial charge in [0.25, 0.3) is 11.5 Å². The van der Waals surface area contributed by atoms with Crippen molar-refractivity contribution in [2.24, 2.45) is 0 Å². The number of nitrogens with one attached hydrogen (secondary N) is 1. The molecule has 0 bridgehead atoms. The van der Waals surface area contributed by atoms with Gasteiger partial charge in [-0.15, -0.1) is 0 Å². The molecule has 0 saturated carbocycles. The summed E-state index contributed by atoms with van der Waals surface area (Å²) < 4.78 is 6.57. The fourth-order valence-electron chi connectivity index (χ4n) is 2.97. The maximum atomic E-state index is 12.9. The summed E-state index contributed by atoms with van der Waals surface area (Å²) >= 11 is 0. The second-order valence-corrected chi connectivity index (χ2v) is 5.99. The molecular weight excluding hydrogens is 332 g/mol. The van der Waals surface area contributed by atoms with Crippen LogP contribution in [0.25, 0.3) is 16.5 Å². The lowest BCUT2D eigenvalue weighted by Gasteiger charge is -2.26. The summed E-state index contributed by atoms with van der Waals surface area (Å²) in [6.45, 7) is 2.36. The highest BCUT2D eigenvalue weighted by Gasteiger charge is 2.20. The topological polar surface area (TPSA) is 76.5 Å². The molecule has 132 valence electrons. The quantitative estimate of drug-likeness (QED) is 0.772. The zero-order valence-corrected chi connectivity index (χ0v) is 14.1. The Morgan fingerprint density at radius 1 is 0.962 bits per heavy atom. The van der Waals surface area contributed by atoms with Crippen molar-refractivity contribution in [3.05, 3.63) is 70.6 Å². The number of hydrogen-bond acceptors (Lipinski definition) is 5. The molecular formula is C19H18N4O3. The Balaban J connectivity index is 1.81. The summed E-state index contributed by atoms with van der Waals surface area (Å²) in [6, 6.07) is 16.1. The first-order valence-corrected chi connectivity index (χ1v) is 8.45. The Bertz CT molecular complexity index is 995. The number of rotatable bonds is 3. The average molecular weight is 350 g/mol. The Morgan fingerprint density at radius 3 is 2.35 bits per heavy atom. The van der Waals surface area contributed by atoms with Crippen molar-refractivity contribution in [2.45, 2.75) is 0 Å². The Kier molecular flexibility index (Phi) is 4.47. The van der Waals surface area contributed by atoms with Gasteiger partial charge in [0.1, 0.15) is 0 Å². The van der Waals surface area contributed by atoms with Gasteiger partial charge in [-0.1, -0.05) is 36.4 Å². The van der Waals surface area contributed by atoms with Crippen LogP contribution in [0.4, 0.5) is 0 Å². The van der Waals surface area contributed by atoms with Gasteiger partial charge in [0.2, 0.25) is 0 Å². The second-order valence-electron chi connectivity index (χ2n) is 5.99. The van der Waals surface area contributed by atoms with E-state index >= 15 is 0 Å². The molecule has 3 aromatic rings. The molecule has 0 spiro atoms. The van der Waals surface area contributed by atoms with Crippen molar-refractivity contribution in [3.63, 3.8) is 0 Å². The van der Waals surface area contributed by atoms with Crippen LogP contribution in [0.2, 0.25) is 0 Å². The lowest BCUT2D eigenvalue weighted by molar-refractivity contribution is 0.0125. The number of nitrogens with zero attached hydrogens (tertiary/aromatic N) is 3. The fraction of sp³-hybridized carbons (Fsp3) is 0.211. The highest BCUT2D eigenvalue weighted by Crippen LogP contribution is 2.15. The van der Waals surface area contributed by atoms with E-state index in [0.29, 0.717) is 42.8 Å². The van der Waals surface area contributed by atoms with Gasteiger partial charge in [-0.05, 0) is 18.2 Å². The van der Waals surface area contributed by atoms with Gasteiger partial charge in [-0.25, -0.2) is 5.01 Å². The molecule has 2 aromatic carbocycles. The molecule has 7 nitrogen and oxygen atoms in total. The van der Waals surface area contributed by atoms with Crippen molar-refractivity contribution < 1.29 is 9.53 Å². The summed E-state index contributed by atoms with van der Waals surface area (Å²) in [7, 11) is 0. The zero-order valence-electron chi connectivity index (χ0n) is 14.1. The lowest BCUT2D eigenvalue weighted by atomic mass is 10.1. The number of benzene rings is 2. The number of para-hydroxylation sites is 1. The first-order chi connectivity index (χ1) is 12.7. The van der Waals surface area contributed by atoms with E-state index in [0.717, 1.165) is 0 Å². The summed E-state index contributed by atoms with van der Waals surface area (Å²) in [5, 5.41) is 7.17. The maximum absolute atomic E-state index is 12.9. The number of hydrogen-bond donors (Lipinski definition) is 1. The van der Waals surface area contributed by atoms with Crippen LogP contribution < -0.4 is 11.0 Å². The Labute approximate surface area is 149 Å². The van der Waals surface area contributed by atoms with E-state index < -0.39 is 0 Å². The van der Waals surface area contributed by atoms with Crippen LogP contribution in [0, 0.1) is 0 Å². The molecule has 7 heteroatoms. The number of aromatic nitrogens is 2. The van der Waals surface area contributed by atoms with Crippen LogP contribution in [0.15, 0.2) is 59.4 Å². The van der Waals surface area contributed by atoms with Gasteiger partial charge in [0.05, 0.1) is 24.3 Å². The maximum Gasteiger partial charge on any atom is 0.286 e. The van der Waals surface area contributed by atoms with Gasteiger partial charge in [-0.2, -0.15) is 9.78 Å². The van der Waals surface area contributed by atoms with E-state index in [9.17, 15) is 9.59 Å². The summed E-state index contributed by atoms with van der Waals surface area (Å²) in [5.74, 6) is -0.340. The minimum absolute atomic E-state index is 0.218. The molecule has 0 unspecified atom stereocenters. The number of amides is 1. The largest absolute Gasteiger partial charge is 0.379 e.